The predicted molar refractivity (Wildman–Crippen MR) is 77.9 cm³/mol. The molecule has 0 aromatic carbocycles. The number of ether oxygens (including phenoxy) is 4. The highest BCUT2D eigenvalue weighted by Gasteiger charge is 2.10. The van der Waals surface area contributed by atoms with Gasteiger partial charge in [-0.2, -0.15) is 0 Å². The van der Waals surface area contributed by atoms with E-state index in [-0.39, 0.29) is 6.29 Å². The molecule has 0 radical (unpaired) electrons. The third kappa shape index (κ3) is 11.5. The molecule has 1 atom stereocenters. The highest BCUT2D eigenvalue weighted by molar-refractivity contribution is 5.98. The van der Waals surface area contributed by atoms with Crippen molar-refractivity contribution in [2.45, 2.75) is 59.2 Å². The summed E-state index contributed by atoms with van der Waals surface area (Å²) in [5.41, 5.74) is 0. The second-order valence-electron chi connectivity index (χ2n) is 4.16. The van der Waals surface area contributed by atoms with Gasteiger partial charge in [-0.15, -0.1) is 0 Å². The van der Waals surface area contributed by atoms with Crippen molar-refractivity contribution >= 4 is 10.5 Å². The Bertz CT molecular complexity index is 174. The number of hydrogen-bond donors (Lipinski definition) is 0. The highest BCUT2D eigenvalue weighted by atomic mass is 28.2. The Hall–Kier alpha value is 0.0169. The van der Waals surface area contributed by atoms with E-state index in [1.54, 1.807) is 0 Å². The zero-order chi connectivity index (χ0) is 14.3. The second-order valence-corrected chi connectivity index (χ2v) is 4.64. The van der Waals surface area contributed by atoms with Crippen molar-refractivity contribution in [1.29, 1.82) is 0 Å². The molecule has 0 aliphatic heterocycles. The fraction of sp³-hybridized carbons (Fsp3) is 1.00. The molecule has 0 spiro atoms. The minimum absolute atomic E-state index is 0.0909. The summed E-state index contributed by atoms with van der Waals surface area (Å²) in [6, 6.07) is 0. The van der Waals surface area contributed by atoms with E-state index in [1.807, 2.05) is 6.92 Å². The van der Waals surface area contributed by atoms with Gasteiger partial charge in [0.05, 0.1) is 19.8 Å². The van der Waals surface area contributed by atoms with Gasteiger partial charge in [-0.1, -0.05) is 13.8 Å². The molecule has 0 aliphatic carbocycles. The molecule has 0 N–H and O–H groups in total. The van der Waals surface area contributed by atoms with Crippen molar-refractivity contribution in [2.24, 2.45) is 0 Å². The van der Waals surface area contributed by atoms with E-state index in [9.17, 15) is 0 Å². The van der Waals surface area contributed by atoms with E-state index >= 15 is 0 Å². The Labute approximate surface area is 120 Å². The summed E-state index contributed by atoms with van der Waals surface area (Å²) in [5.74, 6) is 0. The molecule has 0 aromatic heterocycles. The van der Waals surface area contributed by atoms with Gasteiger partial charge in [0.25, 0.3) is 6.48 Å². The standard InChI is InChI=1S/C13H30O5Si/c1-4-9-15-13(16-10-5-2)17-11-7-8-12(18-19)14-6-3/h12-13H,4-11H2,1-3,19H3. The SMILES string of the molecule is CCCOC(OCCC)OCCCC(O[SiH3])OCC. The lowest BCUT2D eigenvalue weighted by Crippen LogP contribution is -2.23. The topological polar surface area (TPSA) is 46.2 Å². The molecule has 0 rings (SSSR count). The lowest BCUT2D eigenvalue weighted by molar-refractivity contribution is -0.288. The maximum Gasteiger partial charge on any atom is 0.271 e. The maximum absolute atomic E-state index is 5.58. The number of rotatable bonds is 14. The molecule has 0 fully saturated rings. The molecule has 0 aromatic rings. The van der Waals surface area contributed by atoms with E-state index in [1.165, 1.54) is 0 Å². The van der Waals surface area contributed by atoms with Crippen molar-refractivity contribution in [2.75, 3.05) is 26.4 Å². The maximum atomic E-state index is 5.58. The summed E-state index contributed by atoms with van der Waals surface area (Å²) in [4.78, 5) is 0. The van der Waals surface area contributed by atoms with Crippen LogP contribution in [0.25, 0.3) is 0 Å². The van der Waals surface area contributed by atoms with Crippen molar-refractivity contribution in [3.63, 3.8) is 0 Å². The first-order chi connectivity index (χ1) is 9.28. The van der Waals surface area contributed by atoms with Gasteiger partial charge in [-0.25, -0.2) is 0 Å². The van der Waals surface area contributed by atoms with Crippen molar-refractivity contribution in [3.05, 3.63) is 0 Å². The van der Waals surface area contributed by atoms with Gasteiger partial charge in [-0.3, -0.25) is 0 Å². The van der Waals surface area contributed by atoms with Crippen LogP contribution in [0.15, 0.2) is 0 Å². The van der Waals surface area contributed by atoms with E-state index < -0.39 is 6.48 Å². The molecule has 0 heterocycles. The molecule has 0 saturated heterocycles. The van der Waals surface area contributed by atoms with Crippen LogP contribution in [0.4, 0.5) is 0 Å². The van der Waals surface area contributed by atoms with Crippen LogP contribution in [0.1, 0.15) is 46.5 Å². The lowest BCUT2D eigenvalue weighted by atomic mass is 10.3. The molecule has 0 bridgehead atoms. The Kier molecular flexibility index (Phi) is 14.4. The van der Waals surface area contributed by atoms with E-state index in [0.717, 1.165) is 25.7 Å². The van der Waals surface area contributed by atoms with Gasteiger partial charge in [-0.05, 0) is 32.6 Å². The van der Waals surface area contributed by atoms with Gasteiger partial charge in [0.15, 0.2) is 0 Å². The molecule has 116 valence electrons. The summed E-state index contributed by atoms with van der Waals surface area (Å²) < 4.78 is 27.3. The largest absolute Gasteiger partial charge is 0.404 e. The Morgan fingerprint density at radius 1 is 0.842 bits per heavy atom. The van der Waals surface area contributed by atoms with E-state index in [2.05, 4.69) is 13.8 Å². The van der Waals surface area contributed by atoms with Crippen LogP contribution in [-0.2, 0) is 23.4 Å². The normalized spacial score (nSPS) is 13.3. The first kappa shape index (κ1) is 19.0. The average Bonchev–Trinajstić information content (AvgIpc) is 2.44. The summed E-state index contributed by atoms with van der Waals surface area (Å²) in [7, 11) is 0.689. The zero-order valence-corrected chi connectivity index (χ0v) is 14.9. The first-order valence-electron chi connectivity index (χ1n) is 7.27. The summed E-state index contributed by atoms with van der Waals surface area (Å²) in [5, 5.41) is 0. The molecule has 0 amide bonds. The molecular formula is C13H30O5Si. The molecule has 0 aliphatic rings. The van der Waals surface area contributed by atoms with Crippen LogP contribution in [0.3, 0.4) is 0 Å². The summed E-state index contributed by atoms with van der Waals surface area (Å²) in [6.07, 6.45) is 3.53. The van der Waals surface area contributed by atoms with Crippen molar-refractivity contribution < 1.29 is 23.4 Å². The minimum atomic E-state index is -0.539. The van der Waals surface area contributed by atoms with Gasteiger partial charge >= 0.3 is 0 Å². The van der Waals surface area contributed by atoms with Gasteiger partial charge < -0.3 is 23.4 Å². The fourth-order valence-corrected chi connectivity index (χ4v) is 1.83. The quantitative estimate of drug-likeness (QED) is 0.276. The predicted octanol–water partition coefficient (Wildman–Crippen LogP) is 1.58. The molecule has 19 heavy (non-hydrogen) atoms. The zero-order valence-electron chi connectivity index (χ0n) is 12.9. The Balaban J connectivity index is 3.70. The molecule has 1 unspecified atom stereocenters. The summed E-state index contributed by atoms with van der Waals surface area (Å²) in [6.45, 7) is 8.12. The molecule has 5 nitrogen and oxygen atoms in total. The van der Waals surface area contributed by atoms with Gasteiger partial charge in [0.2, 0.25) is 0 Å². The van der Waals surface area contributed by atoms with Crippen LogP contribution < -0.4 is 0 Å². The van der Waals surface area contributed by atoms with Crippen LogP contribution in [0, 0.1) is 0 Å². The third-order valence-corrected chi connectivity index (χ3v) is 2.90. The molecule has 6 heteroatoms. The summed E-state index contributed by atoms with van der Waals surface area (Å²) >= 11 is 0. The first-order valence-corrected chi connectivity index (χ1v) is 8.09. The Morgan fingerprint density at radius 2 is 1.42 bits per heavy atom. The molecular weight excluding hydrogens is 264 g/mol. The number of hydrogen-bond acceptors (Lipinski definition) is 5. The van der Waals surface area contributed by atoms with Gasteiger partial charge in [0, 0.05) is 6.61 Å². The van der Waals surface area contributed by atoms with Crippen LogP contribution >= 0.6 is 0 Å². The minimum Gasteiger partial charge on any atom is -0.404 e. The van der Waals surface area contributed by atoms with Crippen molar-refractivity contribution in [3.8, 4) is 0 Å². The van der Waals surface area contributed by atoms with E-state index in [0.29, 0.717) is 36.9 Å². The lowest BCUT2D eigenvalue weighted by Gasteiger charge is -2.19. The van der Waals surface area contributed by atoms with Crippen molar-refractivity contribution in [1.82, 2.24) is 0 Å². The van der Waals surface area contributed by atoms with E-state index in [4.69, 9.17) is 23.4 Å². The van der Waals surface area contributed by atoms with Crippen LogP contribution in [0.5, 0.6) is 0 Å². The smallest absolute Gasteiger partial charge is 0.271 e. The van der Waals surface area contributed by atoms with Crippen LogP contribution in [-0.4, -0.2) is 49.7 Å². The van der Waals surface area contributed by atoms with Gasteiger partial charge in [0.1, 0.15) is 16.8 Å². The monoisotopic (exact) mass is 294 g/mol. The molecule has 0 saturated carbocycles. The average molecular weight is 294 g/mol. The van der Waals surface area contributed by atoms with Crippen LogP contribution in [0.2, 0.25) is 0 Å². The third-order valence-electron chi connectivity index (χ3n) is 2.37. The Morgan fingerprint density at radius 3 is 1.89 bits per heavy atom. The highest BCUT2D eigenvalue weighted by Crippen LogP contribution is 2.06. The second kappa shape index (κ2) is 14.4. The fourth-order valence-electron chi connectivity index (χ4n) is 1.46.